The number of anilines is 2. The SMILES string of the molecule is Cc1cccc(N(C(=O)c2snc(C(=O)NC3CCCCC3)c2N)C(C(=O)NCCc2ccccc2)c2ccc(F)cc2)c1. The molecule has 10 heteroatoms. The third kappa shape index (κ3) is 7.31. The molecule has 4 aromatic rings. The monoisotopic (exact) mass is 613 g/mol. The zero-order valence-corrected chi connectivity index (χ0v) is 25.4. The van der Waals surface area contributed by atoms with Crippen LogP contribution < -0.4 is 21.3 Å². The Balaban J connectivity index is 1.49. The topological polar surface area (TPSA) is 117 Å². The van der Waals surface area contributed by atoms with E-state index >= 15 is 0 Å². The van der Waals surface area contributed by atoms with Gasteiger partial charge < -0.3 is 16.4 Å². The summed E-state index contributed by atoms with van der Waals surface area (Å²) in [6, 6.07) is 21.3. The average molecular weight is 614 g/mol. The smallest absolute Gasteiger partial charge is 0.273 e. The zero-order valence-electron chi connectivity index (χ0n) is 24.6. The van der Waals surface area contributed by atoms with Crippen LogP contribution in [0.1, 0.15) is 75.0 Å². The number of nitrogens with one attached hydrogen (secondary N) is 2. The maximum Gasteiger partial charge on any atom is 0.273 e. The first-order chi connectivity index (χ1) is 21.3. The Hall–Kier alpha value is -4.57. The van der Waals surface area contributed by atoms with Crippen molar-refractivity contribution in [2.75, 3.05) is 17.2 Å². The Morgan fingerprint density at radius 1 is 1.00 bits per heavy atom. The average Bonchev–Trinajstić information content (AvgIpc) is 3.42. The molecule has 1 atom stereocenters. The number of carbonyl (C=O) groups is 3. The lowest BCUT2D eigenvalue weighted by Gasteiger charge is -2.31. The van der Waals surface area contributed by atoms with Crippen molar-refractivity contribution >= 4 is 40.6 Å². The van der Waals surface area contributed by atoms with Crippen LogP contribution >= 0.6 is 11.5 Å². The van der Waals surface area contributed by atoms with Gasteiger partial charge in [-0.3, -0.25) is 19.3 Å². The van der Waals surface area contributed by atoms with Gasteiger partial charge in [0.25, 0.3) is 11.8 Å². The Kier molecular flexibility index (Phi) is 10.0. The van der Waals surface area contributed by atoms with E-state index in [0.717, 1.165) is 54.8 Å². The van der Waals surface area contributed by atoms with Crippen LogP contribution in [0.5, 0.6) is 0 Å². The minimum atomic E-state index is -1.17. The fourth-order valence-electron chi connectivity index (χ4n) is 5.52. The molecule has 0 spiro atoms. The van der Waals surface area contributed by atoms with Crippen molar-refractivity contribution in [1.82, 2.24) is 15.0 Å². The van der Waals surface area contributed by atoms with E-state index in [1.807, 2.05) is 43.3 Å². The molecular weight excluding hydrogens is 577 g/mol. The van der Waals surface area contributed by atoms with Crippen molar-refractivity contribution in [2.24, 2.45) is 0 Å². The maximum absolute atomic E-state index is 14.4. The first kappa shape index (κ1) is 30.9. The van der Waals surface area contributed by atoms with Crippen LogP contribution in [-0.2, 0) is 11.2 Å². The van der Waals surface area contributed by atoms with Crippen molar-refractivity contribution < 1.29 is 18.8 Å². The molecule has 44 heavy (non-hydrogen) atoms. The van der Waals surface area contributed by atoms with Gasteiger partial charge in [-0.2, -0.15) is 4.37 Å². The van der Waals surface area contributed by atoms with Gasteiger partial charge in [-0.15, -0.1) is 0 Å². The highest BCUT2D eigenvalue weighted by Crippen LogP contribution is 2.34. The third-order valence-corrected chi connectivity index (χ3v) is 8.68. The number of nitrogens with zero attached hydrogens (tertiary/aromatic N) is 2. The summed E-state index contributed by atoms with van der Waals surface area (Å²) in [7, 11) is 0. The number of hydrogen-bond donors (Lipinski definition) is 3. The Bertz CT molecular complexity index is 1600. The van der Waals surface area contributed by atoms with E-state index in [9.17, 15) is 18.8 Å². The second kappa shape index (κ2) is 14.3. The van der Waals surface area contributed by atoms with Crippen LogP contribution in [0, 0.1) is 12.7 Å². The molecule has 3 aromatic carbocycles. The largest absolute Gasteiger partial charge is 0.395 e. The number of carbonyl (C=O) groups excluding carboxylic acids is 3. The molecule has 1 aromatic heterocycles. The van der Waals surface area contributed by atoms with E-state index in [2.05, 4.69) is 15.0 Å². The van der Waals surface area contributed by atoms with Gasteiger partial charge in [-0.25, -0.2) is 4.39 Å². The first-order valence-corrected chi connectivity index (χ1v) is 15.6. The van der Waals surface area contributed by atoms with Gasteiger partial charge in [0.15, 0.2) is 5.69 Å². The van der Waals surface area contributed by atoms with Crippen molar-refractivity contribution in [3.63, 3.8) is 0 Å². The predicted molar refractivity (Wildman–Crippen MR) is 171 cm³/mol. The summed E-state index contributed by atoms with van der Waals surface area (Å²) in [5, 5.41) is 5.97. The van der Waals surface area contributed by atoms with Crippen molar-refractivity contribution in [2.45, 2.75) is 57.5 Å². The molecule has 1 unspecified atom stereocenters. The molecule has 1 aliphatic rings. The normalized spacial score (nSPS) is 14.0. The number of rotatable bonds is 10. The van der Waals surface area contributed by atoms with Crippen LogP contribution in [0.2, 0.25) is 0 Å². The lowest BCUT2D eigenvalue weighted by molar-refractivity contribution is -0.122. The summed E-state index contributed by atoms with van der Waals surface area (Å²) < 4.78 is 18.3. The molecule has 3 amide bonds. The van der Waals surface area contributed by atoms with Crippen molar-refractivity contribution in [3.8, 4) is 0 Å². The molecule has 8 nitrogen and oxygen atoms in total. The van der Waals surface area contributed by atoms with Crippen LogP contribution in [0.15, 0.2) is 78.9 Å². The summed E-state index contributed by atoms with van der Waals surface area (Å²) in [4.78, 5) is 42.9. The van der Waals surface area contributed by atoms with E-state index in [1.54, 1.807) is 18.2 Å². The van der Waals surface area contributed by atoms with E-state index < -0.39 is 29.6 Å². The van der Waals surface area contributed by atoms with Crippen LogP contribution in [0.4, 0.5) is 15.8 Å². The fourth-order valence-corrected chi connectivity index (χ4v) is 6.26. The molecule has 1 fully saturated rings. The minimum absolute atomic E-state index is 0.00115. The molecule has 0 saturated heterocycles. The molecule has 1 saturated carbocycles. The summed E-state index contributed by atoms with van der Waals surface area (Å²) in [5.74, 6) is -1.91. The Morgan fingerprint density at radius 3 is 2.43 bits per heavy atom. The van der Waals surface area contributed by atoms with E-state index in [-0.39, 0.29) is 22.3 Å². The van der Waals surface area contributed by atoms with Crippen molar-refractivity contribution in [1.29, 1.82) is 0 Å². The van der Waals surface area contributed by atoms with Gasteiger partial charge >= 0.3 is 0 Å². The van der Waals surface area contributed by atoms with E-state index in [1.165, 1.54) is 29.2 Å². The molecule has 5 rings (SSSR count). The van der Waals surface area contributed by atoms with Gasteiger partial charge in [0.1, 0.15) is 16.7 Å². The number of halogens is 1. The number of hydrogen-bond acceptors (Lipinski definition) is 6. The summed E-state index contributed by atoms with van der Waals surface area (Å²) in [6.07, 6.45) is 5.61. The molecule has 0 aliphatic heterocycles. The summed E-state index contributed by atoms with van der Waals surface area (Å²) >= 11 is 0.825. The maximum atomic E-state index is 14.4. The van der Waals surface area contributed by atoms with Crippen molar-refractivity contribution in [3.05, 3.63) is 112 Å². The standard InChI is InChI=1S/C34H36FN5O3S/c1-22-9-8-14-27(21-22)40(34(43)31-28(36)29(39-44-31)32(41)38-26-12-6-3-7-13-26)30(24-15-17-25(35)18-16-24)33(42)37-20-19-23-10-4-2-5-11-23/h2,4-5,8-11,14-18,21,26,30H,3,6-7,12-13,19-20,36H2,1H3,(H,37,42)(H,38,41). The minimum Gasteiger partial charge on any atom is -0.395 e. The summed E-state index contributed by atoms with van der Waals surface area (Å²) in [5.41, 5.74) is 9.17. The second-order valence-corrected chi connectivity index (χ2v) is 11.9. The van der Waals surface area contributed by atoms with Crippen LogP contribution in [0.3, 0.4) is 0 Å². The zero-order chi connectivity index (χ0) is 31.1. The molecule has 228 valence electrons. The predicted octanol–water partition coefficient (Wildman–Crippen LogP) is 5.98. The fraction of sp³-hybridized carbons (Fsp3) is 0.294. The number of benzene rings is 3. The molecule has 0 bridgehead atoms. The van der Waals surface area contributed by atoms with Gasteiger partial charge in [0, 0.05) is 18.3 Å². The molecule has 0 radical (unpaired) electrons. The van der Waals surface area contributed by atoms with Gasteiger partial charge in [0.2, 0.25) is 5.91 Å². The van der Waals surface area contributed by atoms with Gasteiger partial charge in [-0.1, -0.05) is 73.9 Å². The van der Waals surface area contributed by atoms with Gasteiger partial charge in [0.05, 0.1) is 5.69 Å². The molecule has 1 heterocycles. The lowest BCUT2D eigenvalue weighted by atomic mass is 9.95. The highest BCUT2D eigenvalue weighted by Gasteiger charge is 2.36. The van der Waals surface area contributed by atoms with Gasteiger partial charge in [-0.05, 0) is 78.7 Å². The van der Waals surface area contributed by atoms with E-state index in [0.29, 0.717) is 24.2 Å². The molecular formula is C34H36FN5O3S. The molecule has 1 aliphatic carbocycles. The first-order valence-electron chi connectivity index (χ1n) is 14.8. The highest BCUT2D eigenvalue weighted by atomic mass is 32.1. The number of nitrogens with two attached hydrogens (primary N) is 1. The molecule has 4 N–H and O–H groups in total. The number of aryl methyl sites for hydroxylation is 1. The summed E-state index contributed by atoms with van der Waals surface area (Å²) in [6.45, 7) is 2.21. The lowest BCUT2D eigenvalue weighted by Crippen LogP contribution is -2.44. The number of nitrogen functional groups attached to an aromatic ring is 1. The third-order valence-electron chi connectivity index (χ3n) is 7.82. The Labute approximate surface area is 260 Å². The number of aromatic nitrogens is 1. The number of amides is 3. The van der Waals surface area contributed by atoms with E-state index in [4.69, 9.17) is 5.73 Å². The van der Waals surface area contributed by atoms with Crippen LogP contribution in [0.25, 0.3) is 0 Å². The highest BCUT2D eigenvalue weighted by molar-refractivity contribution is 7.09. The van der Waals surface area contributed by atoms with Crippen LogP contribution in [-0.4, -0.2) is 34.7 Å². The quantitative estimate of drug-likeness (QED) is 0.203. The Morgan fingerprint density at radius 2 is 1.73 bits per heavy atom. The second-order valence-electron chi connectivity index (χ2n) is 11.1.